The molecule has 0 aliphatic heterocycles. The van der Waals surface area contributed by atoms with E-state index in [1.807, 2.05) is 26.8 Å². The first-order valence-corrected chi connectivity index (χ1v) is 5.71. The van der Waals surface area contributed by atoms with Gasteiger partial charge in [-0.3, -0.25) is 0 Å². The van der Waals surface area contributed by atoms with Crippen LogP contribution in [0.4, 0.5) is 0 Å². The maximum atomic E-state index is 9.89. The fourth-order valence-corrected chi connectivity index (χ4v) is 2.29. The summed E-state index contributed by atoms with van der Waals surface area (Å²) in [5.74, 6) is 0.237. The monoisotopic (exact) mass is 314 g/mol. The fourth-order valence-electron chi connectivity index (χ4n) is 1.45. The van der Waals surface area contributed by atoms with Crippen LogP contribution in [0.2, 0.25) is 0 Å². The average molecular weight is 314 g/mol. The number of aromatic hydroxyl groups is 1. The van der Waals surface area contributed by atoms with Crippen molar-refractivity contribution in [1.29, 1.82) is 0 Å². The molecule has 0 saturated carbocycles. The van der Waals surface area contributed by atoms with E-state index >= 15 is 0 Å². The second kappa shape index (κ2) is 3.59. The summed E-state index contributed by atoms with van der Waals surface area (Å²) >= 11 is 2.22. The van der Waals surface area contributed by atoms with Gasteiger partial charge in [-0.25, -0.2) is 9.97 Å². The number of hydrogen-bond acceptors (Lipinski definition) is 3. The van der Waals surface area contributed by atoms with Crippen LogP contribution in [-0.2, 0) is 0 Å². The van der Waals surface area contributed by atoms with Gasteiger partial charge in [0.1, 0.15) is 16.8 Å². The third kappa shape index (κ3) is 1.67. The summed E-state index contributed by atoms with van der Waals surface area (Å²) in [6.45, 7) is 5.69. The number of aromatic nitrogens is 2. The van der Waals surface area contributed by atoms with Crippen molar-refractivity contribution in [2.45, 2.75) is 20.8 Å². The molecule has 0 radical (unpaired) electrons. The summed E-state index contributed by atoms with van der Waals surface area (Å²) in [6, 6.07) is 1.92. The van der Waals surface area contributed by atoms with Crippen LogP contribution in [0, 0.1) is 24.3 Å². The number of halogens is 1. The molecule has 1 aromatic carbocycles. The van der Waals surface area contributed by atoms with Gasteiger partial charge in [-0.15, -0.1) is 0 Å². The number of phenols is 1. The van der Waals surface area contributed by atoms with E-state index in [0.717, 1.165) is 26.0 Å². The number of nitrogens with zero attached hydrogens (tertiary/aromatic N) is 2. The molecule has 2 rings (SSSR count). The second-order valence-electron chi connectivity index (χ2n) is 3.62. The normalized spacial score (nSPS) is 10.9. The summed E-state index contributed by atoms with van der Waals surface area (Å²) in [4.78, 5) is 8.83. The number of benzene rings is 1. The van der Waals surface area contributed by atoms with Crippen molar-refractivity contribution in [3.63, 3.8) is 0 Å². The Hall–Kier alpha value is -0.910. The molecule has 0 saturated heterocycles. The number of fused-ring (bicyclic) bond motifs is 1. The van der Waals surface area contributed by atoms with Crippen molar-refractivity contribution in [2.75, 3.05) is 0 Å². The molecule has 1 aromatic heterocycles. The summed E-state index contributed by atoms with van der Waals surface area (Å²) in [6.07, 6.45) is 0. The molecular weight excluding hydrogens is 303 g/mol. The molecule has 0 atom stereocenters. The molecular formula is C11H11IN2O. The molecule has 1 heterocycles. The van der Waals surface area contributed by atoms with Crippen LogP contribution in [-0.4, -0.2) is 15.1 Å². The van der Waals surface area contributed by atoms with Crippen molar-refractivity contribution in [1.82, 2.24) is 9.97 Å². The summed E-state index contributed by atoms with van der Waals surface area (Å²) in [5.41, 5.74) is 3.98. The Kier molecular flexibility index (Phi) is 2.54. The van der Waals surface area contributed by atoms with Crippen molar-refractivity contribution < 1.29 is 5.11 Å². The first-order chi connectivity index (χ1) is 7.00. The average Bonchev–Trinajstić information content (AvgIpc) is 2.18. The Labute approximate surface area is 102 Å². The van der Waals surface area contributed by atoms with E-state index in [0.29, 0.717) is 5.52 Å². The smallest absolute Gasteiger partial charge is 0.146 e. The van der Waals surface area contributed by atoms with Gasteiger partial charge < -0.3 is 5.11 Å². The highest BCUT2D eigenvalue weighted by Crippen LogP contribution is 2.29. The van der Waals surface area contributed by atoms with Crippen LogP contribution >= 0.6 is 22.6 Å². The lowest BCUT2D eigenvalue weighted by molar-refractivity contribution is 0.476. The van der Waals surface area contributed by atoms with Gasteiger partial charge in [0.15, 0.2) is 0 Å². The van der Waals surface area contributed by atoms with E-state index in [1.165, 1.54) is 0 Å². The molecule has 3 nitrogen and oxygen atoms in total. The number of hydrogen-bond donors (Lipinski definition) is 1. The van der Waals surface area contributed by atoms with Gasteiger partial charge in [0.2, 0.25) is 0 Å². The molecule has 1 N–H and O–H groups in total. The summed E-state index contributed by atoms with van der Waals surface area (Å²) in [5, 5.41) is 9.89. The Bertz CT molecular complexity index is 552. The van der Waals surface area contributed by atoms with Crippen molar-refractivity contribution >= 4 is 33.6 Å². The molecule has 4 heteroatoms. The molecule has 0 spiro atoms. The van der Waals surface area contributed by atoms with E-state index < -0.39 is 0 Å². The minimum atomic E-state index is 0.237. The molecule has 78 valence electrons. The third-order valence-electron chi connectivity index (χ3n) is 2.47. The molecule has 0 aliphatic carbocycles. The Morgan fingerprint density at radius 2 is 1.60 bits per heavy atom. The third-order valence-corrected chi connectivity index (χ3v) is 3.30. The van der Waals surface area contributed by atoms with Crippen molar-refractivity contribution in [3.8, 4) is 5.75 Å². The minimum Gasteiger partial charge on any atom is -0.505 e. The zero-order chi connectivity index (χ0) is 11.2. The topological polar surface area (TPSA) is 46.0 Å². The lowest BCUT2D eigenvalue weighted by Gasteiger charge is -2.07. The molecule has 0 aliphatic rings. The summed E-state index contributed by atoms with van der Waals surface area (Å²) in [7, 11) is 0. The lowest BCUT2D eigenvalue weighted by Crippen LogP contribution is -1.96. The van der Waals surface area contributed by atoms with Gasteiger partial charge in [0.25, 0.3) is 0 Å². The SMILES string of the molecule is Cc1cc(I)c2nc(C)c(C)nc2c1O. The van der Waals surface area contributed by atoms with E-state index in [-0.39, 0.29) is 5.75 Å². The second-order valence-corrected chi connectivity index (χ2v) is 4.78. The zero-order valence-corrected chi connectivity index (χ0v) is 11.0. The predicted octanol–water partition coefficient (Wildman–Crippen LogP) is 2.87. The van der Waals surface area contributed by atoms with Gasteiger partial charge in [0, 0.05) is 3.57 Å². The van der Waals surface area contributed by atoms with Crippen LogP contribution in [0.3, 0.4) is 0 Å². The number of rotatable bonds is 0. The van der Waals surface area contributed by atoms with Gasteiger partial charge in [-0.1, -0.05) is 0 Å². The van der Waals surface area contributed by atoms with Crippen LogP contribution in [0.5, 0.6) is 5.75 Å². The maximum Gasteiger partial charge on any atom is 0.146 e. The minimum absolute atomic E-state index is 0.237. The Morgan fingerprint density at radius 1 is 1.07 bits per heavy atom. The van der Waals surface area contributed by atoms with Gasteiger partial charge in [-0.2, -0.15) is 0 Å². The standard InChI is InChI=1S/C11H11IN2O/c1-5-4-8(12)9-10(11(5)15)14-7(3)6(2)13-9/h4,15H,1-3H3. The largest absolute Gasteiger partial charge is 0.505 e. The highest BCUT2D eigenvalue weighted by molar-refractivity contribution is 14.1. The van der Waals surface area contributed by atoms with Crippen LogP contribution < -0.4 is 0 Å². The van der Waals surface area contributed by atoms with E-state index in [1.54, 1.807) is 0 Å². The zero-order valence-electron chi connectivity index (χ0n) is 8.80. The molecule has 0 bridgehead atoms. The van der Waals surface area contributed by atoms with Crippen molar-refractivity contribution in [3.05, 3.63) is 26.6 Å². The highest BCUT2D eigenvalue weighted by atomic mass is 127. The number of aryl methyl sites for hydroxylation is 3. The van der Waals surface area contributed by atoms with Crippen LogP contribution in [0.15, 0.2) is 6.07 Å². The quantitative estimate of drug-likeness (QED) is 0.761. The van der Waals surface area contributed by atoms with Gasteiger partial charge in [0.05, 0.1) is 11.4 Å². The number of phenolic OH excluding ortho intramolecular Hbond substituents is 1. The highest BCUT2D eigenvalue weighted by Gasteiger charge is 2.11. The molecule has 0 fully saturated rings. The van der Waals surface area contributed by atoms with E-state index in [4.69, 9.17) is 0 Å². The molecule has 15 heavy (non-hydrogen) atoms. The predicted molar refractivity (Wildman–Crippen MR) is 68.1 cm³/mol. The molecule has 2 aromatic rings. The van der Waals surface area contributed by atoms with E-state index in [2.05, 4.69) is 32.6 Å². The lowest BCUT2D eigenvalue weighted by atomic mass is 10.2. The van der Waals surface area contributed by atoms with Crippen LogP contribution in [0.25, 0.3) is 11.0 Å². The van der Waals surface area contributed by atoms with Crippen molar-refractivity contribution in [2.24, 2.45) is 0 Å². The van der Waals surface area contributed by atoms with Gasteiger partial charge in [-0.05, 0) is 55.0 Å². The maximum absolute atomic E-state index is 9.89. The van der Waals surface area contributed by atoms with Gasteiger partial charge >= 0.3 is 0 Å². The Balaban J connectivity index is 2.97. The van der Waals surface area contributed by atoms with Crippen LogP contribution in [0.1, 0.15) is 17.0 Å². The first kappa shape index (κ1) is 10.6. The molecule has 0 amide bonds. The summed E-state index contributed by atoms with van der Waals surface area (Å²) < 4.78 is 1.02. The van der Waals surface area contributed by atoms with E-state index in [9.17, 15) is 5.11 Å². The molecule has 0 unspecified atom stereocenters. The fraction of sp³-hybridized carbons (Fsp3) is 0.273. The first-order valence-electron chi connectivity index (χ1n) is 4.63. The Morgan fingerprint density at radius 3 is 2.20 bits per heavy atom.